The third kappa shape index (κ3) is 2.34. The monoisotopic (exact) mass is 223 g/mol. The zero-order valence-electron chi connectivity index (χ0n) is 7.98. The summed E-state index contributed by atoms with van der Waals surface area (Å²) in [7, 11) is 0. The minimum atomic E-state index is 0.284. The molecule has 1 aromatic carbocycles. The van der Waals surface area contributed by atoms with Gasteiger partial charge in [0.2, 0.25) is 5.89 Å². The maximum Gasteiger partial charge on any atom is 0.231 e. The topological polar surface area (TPSA) is 64.9 Å². The van der Waals surface area contributed by atoms with Crippen molar-refractivity contribution >= 4 is 11.6 Å². The molecule has 0 saturated heterocycles. The summed E-state index contributed by atoms with van der Waals surface area (Å²) in [4.78, 5) is 4.10. The number of halogens is 1. The zero-order valence-corrected chi connectivity index (χ0v) is 8.74. The fraction of sp³-hybridized carbons (Fsp3) is 0.200. The van der Waals surface area contributed by atoms with E-state index in [9.17, 15) is 0 Å². The Morgan fingerprint density at radius 3 is 2.80 bits per heavy atom. The molecule has 0 fully saturated rings. The van der Waals surface area contributed by atoms with Crippen LogP contribution in [0.5, 0.6) is 0 Å². The molecule has 1 heterocycles. The van der Waals surface area contributed by atoms with Gasteiger partial charge in [0.15, 0.2) is 5.82 Å². The van der Waals surface area contributed by atoms with E-state index in [-0.39, 0.29) is 6.54 Å². The van der Waals surface area contributed by atoms with E-state index in [1.165, 1.54) is 0 Å². The van der Waals surface area contributed by atoms with Gasteiger partial charge in [-0.1, -0.05) is 35.0 Å². The van der Waals surface area contributed by atoms with Crippen molar-refractivity contribution in [1.29, 1.82) is 0 Å². The van der Waals surface area contributed by atoms with Gasteiger partial charge in [0.25, 0.3) is 0 Å². The molecule has 0 aliphatic rings. The van der Waals surface area contributed by atoms with Gasteiger partial charge in [-0.25, -0.2) is 0 Å². The average Bonchev–Trinajstić information content (AvgIpc) is 2.69. The molecule has 0 aliphatic carbocycles. The Bertz CT molecular complexity index is 455. The van der Waals surface area contributed by atoms with E-state index in [0.29, 0.717) is 23.2 Å². The first-order valence-electron chi connectivity index (χ1n) is 4.54. The molecule has 0 bridgehead atoms. The number of hydrogen-bond donors (Lipinski definition) is 1. The second kappa shape index (κ2) is 4.42. The lowest BCUT2D eigenvalue weighted by Gasteiger charge is -1.98. The molecule has 0 amide bonds. The maximum atomic E-state index is 6.00. The van der Waals surface area contributed by atoms with E-state index >= 15 is 0 Å². The Hall–Kier alpha value is -1.39. The molecular weight excluding hydrogens is 214 g/mol. The first-order valence-corrected chi connectivity index (χ1v) is 4.92. The third-order valence-electron chi connectivity index (χ3n) is 1.99. The highest BCUT2D eigenvalue weighted by molar-refractivity contribution is 6.31. The lowest BCUT2D eigenvalue weighted by atomic mass is 10.1. The molecule has 1 aromatic heterocycles. The minimum absolute atomic E-state index is 0.284. The number of nitrogens with zero attached hydrogens (tertiary/aromatic N) is 2. The normalized spacial score (nSPS) is 10.5. The van der Waals surface area contributed by atoms with E-state index in [0.717, 1.165) is 5.56 Å². The Kier molecular flexibility index (Phi) is 2.99. The summed E-state index contributed by atoms with van der Waals surface area (Å²) < 4.78 is 5.01. The molecule has 0 radical (unpaired) electrons. The van der Waals surface area contributed by atoms with Crippen LogP contribution in [0, 0.1) is 0 Å². The largest absolute Gasteiger partial charge is 0.339 e. The molecule has 2 rings (SSSR count). The molecule has 0 aliphatic heterocycles. The Labute approximate surface area is 92.0 Å². The quantitative estimate of drug-likeness (QED) is 0.862. The van der Waals surface area contributed by atoms with Gasteiger partial charge >= 0.3 is 0 Å². The van der Waals surface area contributed by atoms with Crippen molar-refractivity contribution in [3.63, 3.8) is 0 Å². The van der Waals surface area contributed by atoms with Crippen LogP contribution >= 0.6 is 11.6 Å². The van der Waals surface area contributed by atoms with Crippen LogP contribution in [0.1, 0.15) is 17.3 Å². The Balaban J connectivity index is 2.18. The molecule has 2 aromatic rings. The van der Waals surface area contributed by atoms with Gasteiger partial charge in [0.05, 0.1) is 13.0 Å². The van der Waals surface area contributed by atoms with E-state index in [1.54, 1.807) is 0 Å². The minimum Gasteiger partial charge on any atom is -0.339 e. The van der Waals surface area contributed by atoms with Crippen molar-refractivity contribution in [1.82, 2.24) is 10.1 Å². The van der Waals surface area contributed by atoms with Crippen molar-refractivity contribution in [2.45, 2.75) is 13.0 Å². The predicted molar refractivity (Wildman–Crippen MR) is 56.4 cm³/mol. The van der Waals surface area contributed by atoms with E-state index in [2.05, 4.69) is 10.1 Å². The maximum absolute atomic E-state index is 6.00. The highest BCUT2D eigenvalue weighted by atomic mass is 35.5. The summed E-state index contributed by atoms with van der Waals surface area (Å²) in [6.07, 6.45) is 0.534. The number of hydrogen-bond acceptors (Lipinski definition) is 4. The van der Waals surface area contributed by atoms with Crippen LogP contribution in [0.2, 0.25) is 5.02 Å². The van der Waals surface area contributed by atoms with Gasteiger partial charge in [-0.2, -0.15) is 4.98 Å². The number of nitrogens with two attached hydrogens (primary N) is 1. The first-order chi connectivity index (χ1) is 7.29. The molecule has 15 heavy (non-hydrogen) atoms. The Morgan fingerprint density at radius 2 is 2.13 bits per heavy atom. The number of rotatable bonds is 3. The van der Waals surface area contributed by atoms with Crippen LogP contribution in [0.4, 0.5) is 0 Å². The fourth-order valence-electron chi connectivity index (χ4n) is 1.25. The molecule has 0 atom stereocenters. The molecule has 0 saturated carbocycles. The van der Waals surface area contributed by atoms with E-state index < -0.39 is 0 Å². The van der Waals surface area contributed by atoms with Crippen LogP contribution in [-0.4, -0.2) is 10.1 Å². The molecule has 4 nitrogen and oxygen atoms in total. The lowest BCUT2D eigenvalue weighted by molar-refractivity contribution is 0.379. The summed E-state index contributed by atoms with van der Waals surface area (Å²) in [6, 6.07) is 7.55. The molecular formula is C10H10ClN3O. The summed E-state index contributed by atoms with van der Waals surface area (Å²) >= 11 is 6.00. The highest BCUT2D eigenvalue weighted by Crippen LogP contribution is 2.17. The van der Waals surface area contributed by atoms with Gasteiger partial charge < -0.3 is 10.3 Å². The average molecular weight is 224 g/mol. The lowest BCUT2D eigenvalue weighted by Crippen LogP contribution is -1.98. The van der Waals surface area contributed by atoms with Gasteiger partial charge in [0, 0.05) is 5.02 Å². The van der Waals surface area contributed by atoms with Crippen LogP contribution in [0.25, 0.3) is 0 Å². The molecule has 2 N–H and O–H groups in total. The summed E-state index contributed by atoms with van der Waals surface area (Å²) in [6.45, 7) is 0.284. The molecule has 0 unspecified atom stereocenters. The van der Waals surface area contributed by atoms with Crippen molar-refractivity contribution < 1.29 is 4.52 Å². The highest BCUT2D eigenvalue weighted by Gasteiger charge is 2.07. The summed E-state index contributed by atoms with van der Waals surface area (Å²) in [5, 5.41) is 4.41. The molecule has 5 heteroatoms. The zero-order chi connectivity index (χ0) is 10.7. The van der Waals surface area contributed by atoms with Crippen molar-refractivity contribution in [2.24, 2.45) is 5.73 Å². The van der Waals surface area contributed by atoms with Crippen LogP contribution in [0.3, 0.4) is 0 Å². The predicted octanol–water partition coefficient (Wildman–Crippen LogP) is 1.77. The smallest absolute Gasteiger partial charge is 0.231 e. The summed E-state index contributed by atoms with van der Waals surface area (Å²) in [5.41, 5.74) is 6.34. The standard InChI is InChI=1S/C10H10ClN3O/c11-8-4-2-1-3-7(8)5-10-13-9(6-12)14-15-10/h1-4H,5-6,12H2. The molecule has 0 spiro atoms. The van der Waals surface area contributed by atoms with E-state index in [4.69, 9.17) is 21.9 Å². The SMILES string of the molecule is NCc1noc(Cc2ccccc2Cl)n1. The first kappa shape index (κ1) is 10.1. The second-order valence-corrected chi connectivity index (χ2v) is 3.48. The second-order valence-electron chi connectivity index (χ2n) is 3.08. The van der Waals surface area contributed by atoms with Gasteiger partial charge in [-0.3, -0.25) is 0 Å². The number of benzene rings is 1. The third-order valence-corrected chi connectivity index (χ3v) is 2.36. The summed E-state index contributed by atoms with van der Waals surface area (Å²) in [5.74, 6) is 1.04. The van der Waals surface area contributed by atoms with Crippen molar-refractivity contribution in [3.8, 4) is 0 Å². The van der Waals surface area contributed by atoms with Crippen LogP contribution in [0.15, 0.2) is 28.8 Å². The number of aromatic nitrogens is 2. The fourth-order valence-corrected chi connectivity index (χ4v) is 1.45. The van der Waals surface area contributed by atoms with Gasteiger partial charge in [-0.15, -0.1) is 0 Å². The molecule has 78 valence electrons. The van der Waals surface area contributed by atoms with Gasteiger partial charge in [0.1, 0.15) is 0 Å². The Morgan fingerprint density at radius 1 is 1.33 bits per heavy atom. The van der Waals surface area contributed by atoms with Gasteiger partial charge in [-0.05, 0) is 11.6 Å². The van der Waals surface area contributed by atoms with Crippen LogP contribution in [-0.2, 0) is 13.0 Å². The van der Waals surface area contributed by atoms with Crippen molar-refractivity contribution in [3.05, 3.63) is 46.6 Å². The van der Waals surface area contributed by atoms with Crippen LogP contribution < -0.4 is 5.73 Å². The van der Waals surface area contributed by atoms with Crippen molar-refractivity contribution in [2.75, 3.05) is 0 Å². The van der Waals surface area contributed by atoms with E-state index in [1.807, 2.05) is 24.3 Å².